The Hall–Kier alpha value is -2.67. The van der Waals surface area contributed by atoms with Crippen molar-refractivity contribution in [3.05, 3.63) is 81.6 Å². The summed E-state index contributed by atoms with van der Waals surface area (Å²) in [6.45, 7) is 1.83. The number of carbonyl (C=O) groups excluding carboxylic acids is 1. The Bertz CT molecular complexity index is 1020. The number of para-hydroxylation sites is 1. The number of amides is 1. The minimum Gasteiger partial charge on any atom is -0.457 e. The third-order valence-corrected chi connectivity index (χ3v) is 4.82. The van der Waals surface area contributed by atoms with E-state index in [0.29, 0.717) is 17.0 Å². The molecule has 0 aliphatic carbocycles. The van der Waals surface area contributed by atoms with Crippen LogP contribution in [0, 0.1) is 3.57 Å². The van der Waals surface area contributed by atoms with Gasteiger partial charge in [0.05, 0.1) is 17.0 Å². The Balaban J connectivity index is 1.62. The molecular formula is C21H15IN2O2. The van der Waals surface area contributed by atoms with Gasteiger partial charge in [0.15, 0.2) is 0 Å². The summed E-state index contributed by atoms with van der Waals surface area (Å²) in [5.74, 6) is 1.25. The van der Waals surface area contributed by atoms with Crippen molar-refractivity contribution < 1.29 is 9.21 Å². The third-order valence-electron chi connectivity index (χ3n) is 4.11. The molecule has 0 saturated carbocycles. The lowest BCUT2D eigenvalue weighted by Gasteiger charge is -2.10. The van der Waals surface area contributed by atoms with Gasteiger partial charge in [-0.25, -0.2) is 0 Å². The van der Waals surface area contributed by atoms with Crippen LogP contribution in [0.2, 0.25) is 0 Å². The summed E-state index contributed by atoms with van der Waals surface area (Å²) in [6.07, 6.45) is 1.75. The number of hydrazone groups is 1. The molecule has 0 fully saturated rings. The Morgan fingerprint density at radius 3 is 2.46 bits per heavy atom. The monoisotopic (exact) mass is 454 g/mol. The zero-order valence-corrected chi connectivity index (χ0v) is 16.2. The van der Waals surface area contributed by atoms with Gasteiger partial charge in [-0.15, -0.1) is 0 Å². The van der Waals surface area contributed by atoms with Crippen molar-refractivity contribution in [1.82, 2.24) is 0 Å². The van der Waals surface area contributed by atoms with E-state index in [1.807, 2.05) is 73.7 Å². The van der Waals surface area contributed by atoms with Gasteiger partial charge in [-0.1, -0.05) is 30.3 Å². The molecule has 0 bridgehead atoms. The maximum Gasteiger partial charge on any atom is 0.280 e. The largest absolute Gasteiger partial charge is 0.457 e. The third kappa shape index (κ3) is 3.22. The van der Waals surface area contributed by atoms with Crippen LogP contribution in [0.15, 0.2) is 81.8 Å². The molecule has 3 aromatic rings. The molecule has 2 aromatic carbocycles. The first-order valence-corrected chi connectivity index (χ1v) is 9.22. The Morgan fingerprint density at radius 2 is 1.73 bits per heavy atom. The molecule has 1 aliphatic rings. The predicted octanol–water partition coefficient (Wildman–Crippen LogP) is 5.36. The maximum absolute atomic E-state index is 12.7. The van der Waals surface area contributed by atoms with Gasteiger partial charge in [-0.05, 0) is 72.0 Å². The molecule has 1 aliphatic heterocycles. The second-order valence-electron chi connectivity index (χ2n) is 5.90. The SMILES string of the molecule is CC1=NN(c2ccccc2)C(=O)/C1=C/c1ccc(-c2ccc(I)cc2)o1. The molecule has 1 amide bonds. The number of anilines is 1. The van der Waals surface area contributed by atoms with E-state index >= 15 is 0 Å². The summed E-state index contributed by atoms with van der Waals surface area (Å²) in [5, 5.41) is 5.80. The smallest absolute Gasteiger partial charge is 0.280 e. The number of halogens is 1. The highest BCUT2D eigenvalue weighted by molar-refractivity contribution is 14.1. The first-order chi connectivity index (χ1) is 12.6. The second-order valence-corrected chi connectivity index (χ2v) is 7.15. The van der Waals surface area contributed by atoms with Gasteiger partial charge in [0.2, 0.25) is 0 Å². The number of hydrogen-bond acceptors (Lipinski definition) is 3. The van der Waals surface area contributed by atoms with Crippen LogP contribution in [-0.2, 0) is 4.79 Å². The Morgan fingerprint density at radius 1 is 1.00 bits per heavy atom. The lowest BCUT2D eigenvalue weighted by atomic mass is 10.1. The van der Waals surface area contributed by atoms with Crippen molar-refractivity contribution in [2.24, 2.45) is 5.10 Å². The highest BCUT2D eigenvalue weighted by atomic mass is 127. The topological polar surface area (TPSA) is 45.8 Å². The van der Waals surface area contributed by atoms with Crippen LogP contribution >= 0.6 is 22.6 Å². The van der Waals surface area contributed by atoms with Crippen molar-refractivity contribution >= 4 is 46.0 Å². The maximum atomic E-state index is 12.7. The van der Waals surface area contributed by atoms with E-state index in [1.54, 1.807) is 6.08 Å². The molecule has 0 atom stereocenters. The minimum atomic E-state index is -0.152. The van der Waals surface area contributed by atoms with Crippen molar-refractivity contribution in [2.75, 3.05) is 5.01 Å². The molecule has 4 rings (SSSR count). The number of hydrogen-bond donors (Lipinski definition) is 0. The van der Waals surface area contributed by atoms with Gasteiger partial charge in [0.25, 0.3) is 5.91 Å². The van der Waals surface area contributed by atoms with Crippen LogP contribution in [0.5, 0.6) is 0 Å². The number of carbonyl (C=O) groups is 1. The molecular weight excluding hydrogens is 439 g/mol. The van der Waals surface area contributed by atoms with E-state index in [0.717, 1.165) is 17.0 Å². The molecule has 128 valence electrons. The van der Waals surface area contributed by atoms with Gasteiger partial charge in [-0.3, -0.25) is 4.79 Å². The van der Waals surface area contributed by atoms with E-state index in [-0.39, 0.29) is 5.91 Å². The fourth-order valence-corrected chi connectivity index (χ4v) is 3.13. The lowest BCUT2D eigenvalue weighted by molar-refractivity contribution is -0.114. The fraction of sp³-hybridized carbons (Fsp3) is 0.0476. The predicted molar refractivity (Wildman–Crippen MR) is 112 cm³/mol. The van der Waals surface area contributed by atoms with Gasteiger partial charge in [0, 0.05) is 9.13 Å². The normalized spacial score (nSPS) is 15.6. The average molecular weight is 454 g/mol. The van der Waals surface area contributed by atoms with E-state index < -0.39 is 0 Å². The lowest BCUT2D eigenvalue weighted by Crippen LogP contribution is -2.21. The summed E-state index contributed by atoms with van der Waals surface area (Å²) < 4.78 is 7.08. The zero-order valence-electron chi connectivity index (χ0n) is 14.0. The molecule has 2 heterocycles. The number of furan rings is 1. The van der Waals surface area contributed by atoms with Crippen molar-refractivity contribution in [1.29, 1.82) is 0 Å². The molecule has 0 spiro atoms. The quantitative estimate of drug-likeness (QED) is 0.395. The standard InChI is InChI=1S/C21H15IN2O2/c1-14-19(21(25)24(23-14)17-5-3-2-4-6-17)13-18-11-12-20(26-18)15-7-9-16(22)10-8-15/h2-13H,1H3/b19-13+. The highest BCUT2D eigenvalue weighted by Gasteiger charge is 2.28. The number of benzene rings is 2. The summed E-state index contributed by atoms with van der Waals surface area (Å²) >= 11 is 2.27. The summed E-state index contributed by atoms with van der Waals surface area (Å²) in [4.78, 5) is 12.7. The second kappa shape index (κ2) is 6.92. The van der Waals surface area contributed by atoms with Crippen molar-refractivity contribution in [2.45, 2.75) is 6.92 Å². The average Bonchev–Trinajstić information content (AvgIpc) is 3.23. The van der Waals surface area contributed by atoms with Crippen molar-refractivity contribution in [3.63, 3.8) is 0 Å². The molecule has 0 saturated heterocycles. The molecule has 1 aromatic heterocycles. The first kappa shape index (κ1) is 16.8. The van der Waals surface area contributed by atoms with E-state index in [4.69, 9.17) is 4.42 Å². The minimum absolute atomic E-state index is 0.152. The van der Waals surface area contributed by atoms with E-state index in [9.17, 15) is 4.79 Å². The molecule has 26 heavy (non-hydrogen) atoms. The summed E-state index contributed by atoms with van der Waals surface area (Å²) in [5.41, 5.74) is 2.96. The highest BCUT2D eigenvalue weighted by Crippen LogP contribution is 2.27. The fourth-order valence-electron chi connectivity index (χ4n) is 2.77. The Kier molecular flexibility index (Phi) is 4.46. The summed E-state index contributed by atoms with van der Waals surface area (Å²) in [6, 6.07) is 21.3. The van der Waals surface area contributed by atoms with Gasteiger partial charge in [0.1, 0.15) is 11.5 Å². The van der Waals surface area contributed by atoms with Crippen molar-refractivity contribution in [3.8, 4) is 11.3 Å². The zero-order chi connectivity index (χ0) is 18.1. The van der Waals surface area contributed by atoms with Gasteiger partial charge >= 0.3 is 0 Å². The number of nitrogens with zero attached hydrogens (tertiary/aromatic N) is 2. The molecule has 4 nitrogen and oxygen atoms in total. The van der Waals surface area contributed by atoms with Crippen LogP contribution in [0.25, 0.3) is 17.4 Å². The van der Waals surface area contributed by atoms with E-state index in [2.05, 4.69) is 27.7 Å². The molecule has 0 unspecified atom stereocenters. The van der Waals surface area contributed by atoms with Crippen LogP contribution in [-0.4, -0.2) is 11.6 Å². The molecule has 5 heteroatoms. The number of rotatable bonds is 3. The first-order valence-electron chi connectivity index (χ1n) is 8.14. The van der Waals surface area contributed by atoms with Crippen LogP contribution < -0.4 is 5.01 Å². The van der Waals surface area contributed by atoms with Gasteiger partial charge in [-0.2, -0.15) is 10.1 Å². The summed E-state index contributed by atoms with van der Waals surface area (Å²) in [7, 11) is 0. The van der Waals surface area contributed by atoms with Crippen LogP contribution in [0.1, 0.15) is 12.7 Å². The van der Waals surface area contributed by atoms with Crippen LogP contribution in [0.3, 0.4) is 0 Å². The molecule has 0 radical (unpaired) electrons. The van der Waals surface area contributed by atoms with Gasteiger partial charge < -0.3 is 4.42 Å². The van der Waals surface area contributed by atoms with E-state index in [1.165, 1.54) is 8.58 Å². The molecule has 0 N–H and O–H groups in total. The van der Waals surface area contributed by atoms with Crippen LogP contribution in [0.4, 0.5) is 5.69 Å². The Labute approximate surface area is 165 Å².